The van der Waals surface area contributed by atoms with Gasteiger partial charge in [0.25, 0.3) is 0 Å². The van der Waals surface area contributed by atoms with Gasteiger partial charge in [-0.05, 0) is 73.9 Å². The normalized spacial score (nSPS) is 11.8. The molecular weight excluding hydrogens is 447 g/mol. The highest BCUT2D eigenvalue weighted by atomic mass is 35.5. The zero-order chi connectivity index (χ0) is 23.0. The molecule has 4 aromatic rings. The number of halogens is 2. The van der Waals surface area contributed by atoms with Gasteiger partial charge in [0.05, 0.1) is 23.3 Å². The average Bonchev–Trinajstić information content (AvgIpc) is 2.76. The molecule has 0 saturated carbocycles. The van der Waals surface area contributed by atoms with Crippen molar-refractivity contribution in [1.29, 1.82) is 0 Å². The van der Waals surface area contributed by atoms with Gasteiger partial charge in [0.2, 0.25) is 11.3 Å². The molecule has 3 aromatic heterocycles. The molecule has 0 aliphatic heterocycles. The second-order valence-electron chi connectivity index (χ2n) is 7.40. The molecule has 0 aliphatic carbocycles. The van der Waals surface area contributed by atoms with E-state index in [0.29, 0.717) is 38.2 Å². The van der Waals surface area contributed by atoms with E-state index in [4.69, 9.17) is 33.0 Å². The predicted molar refractivity (Wildman–Crippen MR) is 129 cm³/mol. The molecular formula is C24H20Cl2N4O2. The second kappa shape index (κ2) is 8.73. The van der Waals surface area contributed by atoms with Gasteiger partial charge in [0.1, 0.15) is 11.2 Å². The number of nitrogens with zero attached hydrogens (tertiary/aromatic N) is 4. The molecule has 0 bridgehead atoms. The molecule has 0 unspecified atom stereocenters. The topological polar surface area (TPSA) is 69.9 Å². The smallest absolute Gasteiger partial charge is 0.233 e. The van der Waals surface area contributed by atoms with Crippen LogP contribution < -0.4 is 10.2 Å². The minimum Gasteiger partial charge on any atom is -0.481 e. The Balaban J connectivity index is 2.01. The van der Waals surface area contributed by atoms with E-state index in [9.17, 15) is 4.79 Å². The van der Waals surface area contributed by atoms with Gasteiger partial charge in [0, 0.05) is 23.0 Å². The molecule has 4 rings (SSSR count). The Bertz CT molecular complexity index is 1440. The fourth-order valence-corrected chi connectivity index (χ4v) is 3.86. The van der Waals surface area contributed by atoms with E-state index in [0.717, 1.165) is 16.8 Å². The Kier molecular flexibility index (Phi) is 6.00. The maximum Gasteiger partial charge on any atom is 0.233 e. The maximum atomic E-state index is 13.4. The van der Waals surface area contributed by atoms with Crippen LogP contribution in [-0.4, -0.2) is 26.9 Å². The Hall–Kier alpha value is -3.22. The number of benzene rings is 1. The van der Waals surface area contributed by atoms with Crippen LogP contribution in [0.5, 0.6) is 5.88 Å². The van der Waals surface area contributed by atoms with E-state index in [2.05, 4.69) is 9.97 Å². The summed E-state index contributed by atoms with van der Waals surface area (Å²) in [5.41, 5.74) is 4.75. The van der Waals surface area contributed by atoms with Crippen molar-refractivity contribution in [3.05, 3.63) is 85.4 Å². The van der Waals surface area contributed by atoms with Crippen molar-refractivity contribution >= 4 is 45.9 Å². The Morgan fingerprint density at radius 1 is 1.12 bits per heavy atom. The van der Waals surface area contributed by atoms with Crippen LogP contribution in [0.3, 0.4) is 0 Å². The lowest BCUT2D eigenvalue weighted by Gasteiger charge is -2.15. The lowest BCUT2D eigenvalue weighted by atomic mass is 10.1. The number of rotatable bonds is 4. The van der Waals surface area contributed by atoms with Crippen LogP contribution >= 0.6 is 23.2 Å². The van der Waals surface area contributed by atoms with Crippen molar-refractivity contribution in [2.45, 2.75) is 20.8 Å². The number of fused-ring (bicyclic) bond motifs is 1. The molecule has 0 spiro atoms. The highest BCUT2D eigenvalue weighted by Gasteiger charge is 2.17. The minimum atomic E-state index is -0.251. The van der Waals surface area contributed by atoms with Crippen LogP contribution in [0.2, 0.25) is 10.0 Å². The number of hydrogen-bond donors (Lipinski definition) is 0. The number of allylic oxidation sites excluding steroid dienone is 1. The summed E-state index contributed by atoms with van der Waals surface area (Å²) < 4.78 is 6.84. The van der Waals surface area contributed by atoms with E-state index >= 15 is 0 Å². The third-order valence-electron chi connectivity index (χ3n) is 5.17. The van der Waals surface area contributed by atoms with Crippen molar-refractivity contribution in [1.82, 2.24) is 19.7 Å². The van der Waals surface area contributed by atoms with Gasteiger partial charge in [-0.15, -0.1) is 0 Å². The third-order valence-corrected chi connectivity index (χ3v) is 5.70. The fraction of sp³-hybridized carbons (Fsp3) is 0.167. The van der Waals surface area contributed by atoms with Gasteiger partial charge < -0.3 is 4.74 Å². The van der Waals surface area contributed by atoms with E-state index < -0.39 is 0 Å². The third kappa shape index (κ3) is 4.11. The fourth-order valence-electron chi connectivity index (χ4n) is 3.37. The molecule has 3 heterocycles. The van der Waals surface area contributed by atoms with Crippen LogP contribution in [0.1, 0.15) is 29.4 Å². The standard InChI is InChI=1S/C24H20Cl2N4O2/c1-13-10-20-23(28-15(13)3)24(31)22(14(2)9-16-7-8-27-21(11-16)32-4)29-30(20)19-6-5-17(25)12-18(19)26/h5-12H,1-4H3/b14-9+. The molecule has 1 aromatic carbocycles. The van der Waals surface area contributed by atoms with Crippen molar-refractivity contribution in [2.75, 3.05) is 7.11 Å². The zero-order valence-electron chi connectivity index (χ0n) is 18.0. The van der Waals surface area contributed by atoms with Gasteiger partial charge in [0.15, 0.2) is 0 Å². The van der Waals surface area contributed by atoms with E-state index in [1.807, 2.05) is 39.0 Å². The molecule has 0 N–H and O–H groups in total. The van der Waals surface area contributed by atoms with Crippen molar-refractivity contribution < 1.29 is 4.74 Å². The highest BCUT2D eigenvalue weighted by molar-refractivity contribution is 6.35. The van der Waals surface area contributed by atoms with Gasteiger partial charge in [-0.25, -0.2) is 14.6 Å². The molecule has 0 aliphatic rings. The Labute approximate surface area is 195 Å². The van der Waals surface area contributed by atoms with Crippen molar-refractivity contribution in [2.24, 2.45) is 0 Å². The summed E-state index contributed by atoms with van der Waals surface area (Å²) in [5, 5.41) is 5.62. The lowest BCUT2D eigenvalue weighted by Crippen LogP contribution is -2.19. The summed E-state index contributed by atoms with van der Waals surface area (Å²) in [6.07, 6.45) is 3.50. The average molecular weight is 467 g/mol. The number of methoxy groups -OCH3 is 1. The summed E-state index contributed by atoms with van der Waals surface area (Å²) in [6.45, 7) is 5.65. The Morgan fingerprint density at radius 2 is 1.91 bits per heavy atom. The summed E-state index contributed by atoms with van der Waals surface area (Å²) in [4.78, 5) is 22.1. The number of pyridine rings is 2. The van der Waals surface area contributed by atoms with Gasteiger partial charge in [-0.1, -0.05) is 23.2 Å². The van der Waals surface area contributed by atoms with Crippen LogP contribution in [0.4, 0.5) is 0 Å². The minimum absolute atomic E-state index is 0.251. The van der Waals surface area contributed by atoms with Gasteiger partial charge >= 0.3 is 0 Å². The SMILES string of the molecule is COc1cc(/C=C(\C)c2nn(-c3ccc(Cl)cc3Cl)c3cc(C)c(C)nc3c2=O)ccn1. The van der Waals surface area contributed by atoms with Crippen LogP contribution in [0.25, 0.3) is 28.4 Å². The van der Waals surface area contributed by atoms with Gasteiger partial charge in [-0.3, -0.25) is 4.79 Å². The number of ether oxygens (including phenoxy) is 1. The summed E-state index contributed by atoms with van der Waals surface area (Å²) in [6, 6.07) is 10.7. The van der Waals surface area contributed by atoms with E-state index in [1.165, 1.54) is 0 Å². The lowest BCUT2D eigenvalue weighted by molar-refractivity contribution is 0.398. The van der Waals surface area contributed by atoms with Crippen molar-refractivity contribution in [3.8, 4) is 11.6 Å². The molecule has 6 nitrogen and oxygen atoms in total. The first-order valence-electron chi connectivity index (χ1n) is 9.84. The summed E-state index contributed by atoms with van der Waals surface area (Å²) in [5.74, 6) is 0.483. The number of hydrogen-bond acceptors (Lipinski definition) is 5. The number of aryl methyl sites for hydroxylation is 2. The van der Waals surface area contributed by atoms with E-state index in [-0.39, 0.29) is 11.1 Å². The Morgan fingerprint density at radius 3 is 2.62 bits per heavy atom. The first-order valence-corrected chi connectivity index (χ1v) is 10.6. The quantitative estimate of drug-likeness (QED) is 0.387. The van der Waals surface area contributed by atoms with Crippen LogP contribution in [0.15, 0.2) is 47.4 Å². The molecule has 162 valence electrons. The maximum absolute atomic E-state index is 13.4. The number of aromatic nitrogens is 4. The van der Waals surface area contributed by atoms with E-state index in [1.54, 1.807) is 42.3 Å². The first kappa shape index (κ1) is 22.0. The largest absolute Gasteiger partial charge is 0.481 e. The summed E-state index contributed by atoms with van der Waals surface area (Å²) in [7, 11) is 1.55. The molecule has 0 radical (unpaired) electrons. The molecule has 0 atom stereocenters. The zero-order valence-corrected chi connectivity index (χ0v) is 19.5. The van der Waals surface area contributed by atoms with Gasteiger partial charge in [-0.2, -0.15) is 5.10 Å². The summed E-state index contributed by atoms with van der Waals surface area (Å²) >= 11 is 12.6. The molecule has 0 saturated heterocycles. The molecule has 0 fully saturated rings. The van der Waals surface area contributed by atoms with Crippen molar-refractivity contribution in [3.63, 3.8) is 0 Å². The van der Waals surface area contributed by atoms with Crippen LogP contribution in [-0.2, 0) is 0 Å². The first-order chi connectivity index (χ1) is 15.3. The van der Waals surface area contributed by atoms with Crippen LogP contribution in [0, 0.1) is 13.8 Å². The molecule has 0 amide bonds. The molecule has 8 heteroatoms. The molecule has 32 heavy (non-hydrogen) atoms. The predicted octanol–water partition coefficient (Wildman–Crippen LogP) is 5.67. The highest BCUT2D eigenvalue weighted by Crippen LogP contribution is 2.27. The second-order valence-corrected chi connectivity index (χ2v) is 8.25. The monoisotopic (exact) mass is 466 g/mol.